The number of nitrogens with one attached hydrogen (secondary N) is 1. The maximum Gasteiger partial charge on any atom is 0.416 e. The summed E-state index contributed by atoms with van der Waals surface area (Å²) in [7, 11) is 1.62. The Labute approximate surface area is 161 Å². The van der Waals surface area contributed by atoms with Gasteiger partial charge in [-0.25, -0.2) is 0 Å². The average molecular weight is 475 g/mol. The minimum atomic E-state index is -4.38. The van der Waals surface area contributed by atoms with E-state index in [4.69, 9.17) is 4.74 Å². The van der Waals surface area contributed by atoms with Crippen LogP contribution < -0.4 is 5.32 Å². The molecule has 1 aromatic rings. The van der Waals surface area contributed by atoms with Crippen molar-refractivity contribution < 1.29 is 22.3 Å². The molecule has 1 aliphatic rings. The highest BCUT2D eigenvalue weighted by Gasteiger charge is 2.32. The second-order valence-corrected chi connectivity index (χ2v) is 5.45. The Morgan fingerprint density at radius 2 is 2.16 bits per heavy atom. The van der Waals surface area contributed by atoms with Gasteiger partial charge in [0, 0.05) is 20.1 Å². The lowest BCUT2D eigenvalue weighted by atomic mass is 10.0. The third-order valence-electron chi connectivity index (χ3n) is 3.76. The van der Waals surface area contributed by atoms with Crippen LogP contribution in [-0.2, 0) is 10.9 Å². The van der Waals surface area contributed by atoms with Gasteiger partial charge in [0.05, 0.1) is 25.4 Å². The van der Waals surface area contributed by atoms with Gasteiger partial charge in [0.15, 0.2) is 5.96 Å². The molecule has 1 fully saturated rings. The van der Waals surface area contributed by atoms with E-state index >= 15 is 0 Å². The van der Waals surface area contributed by atoms with Gasteiger partial charge in [0.25, 0.3) is 0 Å². The zero-order valence-corrected chi connectivity index (χ0v) is 16.2. The van der Waals surface area contributed by atoms with Crippen molar-refractivity contribution in [2.75, 3.05) is 40.0 Å². The van der Waals surface area contributed by atoms with Crippen LogP contribution in [0.25, 0.3) is 0 Å². The number of alkyl halides is 4. The van der Waals surface area contributed by atoms with Gasteiger partial charge >= 0.3 is 6.18 Å². The van der Waals surface area contributed by atoms with Crippen LogP contribution in [0.15, 0.2) is 29.3 Å². The predicted octanol–water partition coefficient (Wildman–Crippen LogP) is 3.63. The van der Waals surface area contributed by atoms with E-state index in [9.17, 15) is 17.6 Å². The molecule has 1 heterocycles. The monoisotopic (exact) mass is 475 g/mol. The van der Waals surface area contributed by atoms with E-state index in [1.165, 1.54) is 6.07 Å². The lowest BCUT2D eigenvalue weighted by Crippen LogP contribution is -2.48. The number of benzene rings is 1. The molecule has 4 nitrogen and oxygen atoms in total. The fraction of sp³-hybridized carbons (Fsp3) is 0.562. The van der Waals surface area contributed by atoms with Gasteiger partial charge in [0.1, 0.15) is 6.10 Å². The van der Waals surface area contributed by atoms with E-state index < -0.39 is 24.5 Å². The number of hydrogen-bond acceptors (Lipinski definition) is 2. The summed E-state index contributed by atoms with van der Waals surface area (Å²) in [5, 5.41) is 3.05. The van der Waals surface area contributed by atoms with Crippen molar-refractivity contribution >= 4 is 29.9 Å². The molecular weight excluding hydrogens is 453 g/mol. The summed E-state index contributed by atoms with van der Waals surface area (Å²) in [5.74, 6) is 0.601. The van der Waals surface area contributed by atoms with E-state index in [1.807, 2.05) is 4.90 Å². The normalized spacial score (nSPS) is 18.7. The Hall–Kier alpha value is -1.10. The first-order chi connectivity index (χ1) is 11.5. The number of nitrogens with zero attached hydrogens (tertiary/aromatic N) is 2. The molecule has 142 valence electrons. The molecule has 1 aliphatic heterocycles. The summed E-state index contributed by atoms with van der Waals surface area (Å²) >= 11 is 0. The number of morpholine rings is 1. The zero-order valence-electron chi connectivity index (χ0n) is 13.9. The third-order valence-corrected chi connectivity index (χ3v) is 3.76. The molecule has 1 aromatic carbocycles. The molecule has 9 heteroatoms. The van der Waals surface area contributed by atoms with Crippen molar-refractivity contribution in [3.05, 3.63) is 35.4 Å². The molecule has 25 heavy (non-hydrogen) atoms. The van der Waals surface area contributed by atoms with Gasteiger partial charge in [-0.3, -0.25) is 9.38 Å². The average Bonchev–Trinajstić information content (AvgIpc) is 2.58. The second-order valence-electron chi connectivity index (χ2n) is 5.45. The van der Waals surface area contributed by atoms with Crippen LogP contribution in [-0.4, -0.2) is 50.8 Å². The van der Waals surface area contributed by atoms with Crippen molar-refractivity contribution in [3.63, 3.8) is 0 Å². The third kappa shape index (κ3) is 6.28. The number of rotatable bonds is 4. The molecule has 0 bridgehead atoms. The molecule has 0 aliphatic carbocycles. The Balaban J connectivity index is 0.00000312. The highest BCUT2D eigenvalue weighted by Crippen LogP contribution is 2.32. The van der Waals surface area contributed by atoms with Gasteiger partial charge in [-0.1, -0.05) is 12.1 Å². The molecule has 1 N–H and O–H groups in total. The van der Waals surface area contributed by atoms with E-state index in [0.29, 0.717) is 44.2 Å². The van der Waals surface area contributed by atoms with Gasteiger partial charge in [-0.2, -0.15) is 13.2 Å². The fourth-order valence-corrected chi connectivity index (χ4v) is 2.56. The predicted molar refractivity (Wildman–Crippen MR) is 99.1 cm³/mol. The van der Waals surface area contributed by atoms with E-state index in [0.717, 1.165) is 12.1 Å². The first kappa shape index (κ1) is 21.9. The van der Waals surface area contributed by atoms with Crippen LogP contribution in [0.3, 0.4) is 0 Å². The Bertz CT molecular complexity index is 569. The summed E-state index contributed by atoms with van der Waals surface area (Å²) in [6, 6.07) is 5.17. The number of ether oxygens (including phenoxy) is 1. The number of hydrogen-bond donors (Lipinski definition) is 1. The highest BCUT2D eigenvalue weighted by molar-refractivity contribution is 14.0. The Morgan fingerprint density at radius 1 is 1.40 bits per heavy atom. The van der Waals surface area contributed by atoms with Crippen LogP contribution >= 0.6 is 24.0 Å². The van der Waals surface area contributed by atoms with E-state index in [1.54, 1.807) is 13.1 Å². The van der Waals surface area contributed by atoms with Crippen LogP contribution in [0.2, 0.25) is 0 Å². The molecule has 0 saturated carbocycles. The standard InChI is InChI=1S/C16H21F4N3O.HI/c1-21-15(22-7-3-6-17)23-8-9-24-14(11-23)12-4-2-5-13(10-12)16(18,19)20;/h2,4-5,10,14H,3,6-9,11H2,1H3,(H,21,22);1H. The maximum atomic E-state index is 12.9. The van der Waals surface area contributed by atoms with Gasteiger partial charge < -0.3 is 15.0 Å². The molecule has 0 radical (unpaired) electrons. The molecule has 0 amide bonds. The summed E-state index contributed by atoms with van der Waals surface area (Å²) < 4.78 is 56.4. The minimum absolute atomic E-state index is 0. The van der Waals surface area contributed by atoms with Crippen molar-refractivity contribution in [2.45, 2.75) is 18.7 Å². The Morgan fingerprint density at radius 3 is 2.80 bits per heavy atom. The summed E-state index contributed by atoms with van der Waals surface area (Å²) in [6.07, 6.45) is -4.48. The second kappa shape index (κ2) is 10.1. The minimum Gasteiger partial charge on any atom is -0.370 e. The summed E-state index contributed by atoms with van der Waals surface area (Å²) in [4.78, 5) is 6.05. The fourth-order valence-electron chi connectivity index (χ4n) is 2.56. The van der Waals surface area contributed by atoms with Crippen LogP contribution in [0, 0.1) is 0 Å². The maximum absolute atomic E-state index is 12.9. The molecular formula is C16H22F4IN3O. The molecule has 1 atom stereocenters. The topological polar surface area (TPSA) is 36.9 Å². The summed E-state index contributed by atoms with van der Waals surface area (Å²) in [5.41, 5.74) is -0.208. The van der Waals surface area contributed by atoms with Crippen molar-refractivity contribution in [1.29, 1.82) is 0 Å². The lowest BCUT2D eigenvalue weighted by molar-refractivity contribution is -0.137. The van der Waals surface area contributed by atoms with E-state index in [-0.39, 0.29) is 24.0 Å². The first-order valence-electron chi connectivity index (χ1n) is 7.76. The van der Waals surface area contributed by atoms with E-state index in [2.05, 4.69) is 10.3 Å². The smallest absolute Gasteiger partial charge is 0.370 e. The SMILES string of the molecule is CN=C(NCCCF)N1CCOC(c2cccc(C(F)(F)F)c2)C1.I. The number of halogens is 5. The highest BCUT2D eigenvalue weighted by atomic mass is 127. The molecule has 1 unspecified atom stereocenters. The number of aliphatic imine (C=N–C) groups is 1. The van der Waals surface area contributed by atoms with Gasteiger partial charge in [-0.15, -0.1) is 24.0 Å². The molecule has 1 saturated heterocycles. The first-order valence-corrected chi connectivity index (χ1v) is 7.76. The van der Waals surface area contributed by atoms with Gasteiger partial charge in [0.2, 0.25) is 0 Å². The quantitative estimate of drug-likeness (QED) is 0.238. The van der Waals surface area contributed by atoms with Gasteiger partial charge in [-0.05, 0) is 24.1 Å². The van der Waals surface area contributed by atoms with Crippen LogP contribution in [0.1, 0.15) is 23.7 Å². The number of guanidine groups is 1. The molecule has 0 spiro atoms. The zero-order chi connectivity index (χ0) is 17.6. The van der Waals surface area contributed by atoms with Crippen LogP contribution in [0.5, 0.6) is 0 Å². The van der Waals surface area contributed by atoms with Crippen molar-refractivity contribution in [1.82, 2.24) is 10.2 Å². The molecule has 2 rings (SSSR count). The van der Waals surface area contributed by atoms with Crippen LogP contribution in [0.4, 0.5) is 17.6 Å². The molecule has 0 aromatic heterocycles. The Kier molecular flexibility index (Phi) is 8.91. The lowest BCUT2D eigenvalue weighted by Gasteiger charge is -2.35. The van der Waals surface area contributed by atoms with Crippen molar-refractivity contribution in [3.8, 4) is 0 Å². The summed E-state index contributed by atoms with van der Waals surface area (Å²) in [6.45, 7) is 1.38. The largest absolute Gasteiger partial charge is 0.416 e. The van der Waals surface area contributed by atoms with Crippen molar-refractivity contribution in [2.24, 2.45) is 4.99 Å².